The van der Waals surface area contributed by atoms with Crippen LogP contribution in [0.4, 0.5) is 0 Å². The largest absolute Gasteiger partial charge is 0.327 e. The van der Waals surface area contributed by atoms with Gasteiger partial charge in [-0.1, -0.05) is 6.92 Å². The van der Waals surface area contributed by atoms with E-state index in [0.29, 0.717) is 6.04 Å². The molecule has 0 radical (unpaired) electrons. The minimum Gasteiger partial charge on any atom is -0.327 e. The summed E-state index contributed by atoms with van der Waals surface area (Å²) in [7, 11) is 0. The lowest BCUT2D eigenvalue weighted by Gasteiger charge is -2.34. The van der Waals surface area contributed by atoms with Crippen LogP contribution in [-0.4, -0.2) is 24.0 Å². The molecular formula is C11H18N2S. The summed E-state index contributed by atoms with van der Waals surface area (Å²) in [5, 5.41) is 4.37. The molecule has 2 heterocycles. The number of nitrogens with two attached hydrogens (primary N) is 1. The first-order chi connectivity index (χ1) is 6.74. The van der Waals surface area contributed by atoms with Crippen LogP contribution >= 0.6 is 11.3 Å². The minimum atomic E-state index is 0.373. The van der Waals surface area contributed by atoms with Gasteiger partial charge in [-0.25, -0.2) is 0 Å². The lowest BCUT2D eigenvalue weighted by Crippen LogP contribution is -2.45. The molecule has 2 atom stereocenters. The number of rotatable bonds is 2. The molecule has 1 aliphatic heterocycles. The molecule has 0 amide bonds. The number of hydrogen-bond donors (Lipinski definition) is 1. The molecule has 1 saturated heterocycles. The van der Waals surface area contributed by atoms with Crippen molar-refractivity contribution < 1.29 is 0 Å². The molecule has 0 aromatic carbocycles. The molecule has 1 aromatic heterocycles. The molecule has 1 fully saturated rings. The molecule has 0 spiro atoms. The molecule has 2 rings (SSSR count). The number of piperidine rings is 1. The molecule has 2 unspecified atom stereocenters. The van der Waals surface area contributed by atoms with Gasteiger partial charge in [0.2, 0.25) is 0 Å². The number of nitrogens with zero attached hydrogens (tertiary/aromatic N) is 1. The van der Waals surface area contributed by atoms with E-state index in [1.54, 1.807) is 11.3 Å². The van der Waals surface area contributed by atoms with E-state index < -0.39 is 0 Å². The van der Waals surface area contributed by atoms with E-state index in [2.05, 4.69) is 28.7 Å². The van der Waals surface area contributed by atoms with Gasteiger partial charge in [-0.05, 0) is 34.7 Å². The van der Waals surface area contributed by atoms with Gasteiger partial charge in [0.05, 0.1) is 0 Å². The highest BCUT2D eigenvalue weighted by Crippen LogP contribution is 2.18. The van der Waals surface area contributed by atoms with Crippen LogP contribution < -0.4 is 5.73 Å². The maximum atomic E-state index is 6.01. The Morgan fingerprint density at radius 2 is 2.43 bits per heavy atom. The van der Waals surface area contributed by atoms with Crippen LogP contribution in [0.3, 0.4) is 0 Å². The first-order valence-corrected chi connectivity index (χ1v) is 6.17. The standard InChI is InChI=1S/C11H18N2S/c1-9-4-11(12)7-13(5-9)6-10-2-3-14-8-10/h2-3,8-9,11H,4-7,12H2,1H3. The van der Waals surface area contributed by atoms with Gasteiger partial charge in [0.15, 0.2) is 0 Å². The Hall–Kier alpha value is -0.380. The second-order valence-corrected chi connectivity index (χ2v) is 5.21. The summed E-state index contributed by atoms with van der Waals surface area (Å²) in [5.41, 5.74) is 7.43. The van der Waals surface area contributed by atoms with Crippen molar-refractivity contribution in [1.29, 1.82) is 0 Å². The van der Waals surface area contributed by atoms with Gasteiger partial charge < -0.3 is 5.73 Å². The SMILES string of the molecule is CC1CC(N)CN(Cc2ccsc2)C1. The Kier molecular flexibility index (Phi) is 3.21. The summed E-state index contributed by atoms with van der Waals surface area (Å²) < 4.78 is 0. The van der Waals surface area contributed by atoms with Gasteiger partial charge in [0.1, 0.15) is 0 Å². The van der Waals surface area contributed by atoms with Gasteiger partial charge in [0, 0.05) is 25.7 Å². The van der Waals surface area contributed by atoms with E-state index in [4.69, 9.17) is 5.73 Å². The molecule has 3 heteroatoms. The van der Waals surface area contributed by atoms with E-state index in [-0.39, 0.29) is 0 Å². The lowest BCUT2D eigenvalue weighted by molar-refractivity contribution is 0.158. The van der Waals surface area contributed by atoms with Crippen molar-refractivity contribution in [2.75, 3.05) is 13.1 Å². The van der Waals surface area contributed by atoms with Crippen LogP contribution in [0.1, 0.15) is 18.9 Å². The maximum absolute atomic E-state index is 6.01. The first kappa shape index (κ1) is 10.1. The topological polar surface area (TPSA) is 29.3 Å². The monoisotopic (exact) mass is 210 g/mol. The molecular weight excluding hydrogens is 192 g/mol. The van der Waals surface area contributed by atoms with Crippen molar-refractivity contribution in [3.05, 3.63) is 22.4 Å². The molecule has 78 valence electrons. The zero-order valence-corrected chi connectivity index (χ0v) is 9.46. The third kappa shape index (κ3) is 2.56. The van der Waals surface area contributed by atoms with E-state index >= 15 is 0 Å². The van der Waals surface area contributed by atoms with Crippen molar-refractivity contribution in [1.82, 2.24) is 4.90 Å². The molecule has 1 aliphatic rings. The Morgan fingerprint density at radius 1 is 1.57 bits per heavy atom. The van der Waals surface area contributed by atoms with Crippen molar-refractivity contribution >= 4 is 11.3 Å². The first-order valence-electron chi connectivity index (χ1n) is 5.23. The molecule has 0 aliphatic carbocycles. The van der Waals surface area contributed by atoms with Crippen molar-refractivity contribution in [2.24, 2.45) is 11.7 Å². The smallest absolute Gasteiger partial charge is 0.0242 e. The Balaban J connectivity index is 1.91. The lowest BCUT2D eigenvalue weighted by atomic mass is 9.96. The fraction of sp³-hybridized carbons (Fsp3) is 0.636. The van der Waals surface area contributed by atoms with E-state index in [9.17, 15) is 0 Å². The number of hydrogen-bond acceptors (Lipinski definition) is 3. The Labute approximate surface area is 89.7 Å². The average molecular weight is 210 g/mol. The minimum absolute atomic E-state index is 0.373. The summed E-state index contributed by atoms with van der Waals surface area (Å²) in [4.78, 5) is 2.47. The number of thiophene rings is 1. The third-order valence-corrected chi connectivity index (χ3v) is 3.49. The quantitative estimate of drug-likeness (QED) is 0.808. The van der Waals surface area contributed by atoms with E-state index in [0.717, 1.165) is 19.0 Å². The van der Waals surface area contributed by atoms with Crippen LogP contribution in [0, 0.1) is 5.92 Å². The van der Waals surface area contributed by atoms with Crippen LogP contribution in [0.2, 0.25) is 0 Å². The van der Waals surface area contributed by atoms with Crippen molar-refractivity contribution in [2.45, 2.75) is 25.9 Å². The van der Waals surface area contributed by atoms with Crippen molar-refractivity contribution in [3.8, 4) is 0 Å². The fourth-order valence-electron chi connectivity index (χ4n) is 2.28. The van der Waals surface area contributed by atoms with Gasteiger partial charge in [-0.3, -0.25) is 4.90 Å². The summed E-state index contributed by atoms with van der Waals surface area (Å²) in [6, 6.07) is 2.58. The predicted octanol–water partition coefficient (Wildman–Crippen LogP) is 1.92. The maximum Gasteiger partial charge on any atom is 0.0242 e. The fourth-order valence-corrected chi connectivity index (χ4v) is 2.94. The van der Waals surface area contributed by atoms with Crippen LogP contribution in [-0.2, 0) is 6.54 Å². The molecule has 14 heavy (non-hydrogen) atoms. The normalized spacial score (nSPS) is 29.3. The zero-order chi connectivity index (χ0) is 9.97. The van der Waals surface area contributed by atoms with Crippen LogP contribution in [0.5, 0.6) is 0 Å². The number of likely N-dealkylation sites (tertiary alicyclic amines) is 1. The average Bonchev–Trinajstić information content (AvgIpc) is 2.54. The van der Waals surface area contributed by atoms with E-state index in [1.165, 1.54) is 18.5 Å². The Morgan fingerprint density at radius 3 is 3.07 bits per heavy atom. The van der Waals surface area contributed by atoms with Crippen LogP contribution in [0.15, 0.2) is 16.8 Å². The third-order valence-electron chi connectivity index (χ3n) is 2.75. The van der Waals surface area contributed by atoms with Crippen molar-refractivity contribution in [3.63, 3.8) is 0 Å². The van der Waals surface area contributed by atoms with Crippen LogP contribution in [0.25, 0.3) is 0 Å². The summed E-state index contributed by atoms with van der Waals surface area (Å²) in [6.07, 6.45) is 1.18. The molecule has 0 saturated carbocycles. The highest BCUT2D eigenvalue weighted by molar-refractivity contribution is 7.07. The molecule has 1 aromatic rings. The second-order valence-electron chi connectivity index (χ2n) is 4.43. The predicted molar refractivity (Wildman–Crippen MR) is 61.4 cm³/mol. The summed E-state index contributed by atoms with van der Waals surface area (Å²) in [5.74, 6) is 0.748. The van der Waals surface area contributed by atoms with E-state index in [1.807, 2.05) is 0 Å². The zero-order valence-electron chi connectivity index (χ0n) is 8.65. The van der Waals surface area contributed by atoms with Gasteiger partial charge >= 0.3 is 0 Å². The molecule has 0 bridgehead atoms. The Bertz CT molecular complexity index is 261. The second kappa shape index (κ2) is 4.43. The van der Waals surface area contributed by atoms with Gasteiger partial charge in [-0.2, -0.15) is 11.3 Å². The molecule has 2 N–H and O–H groups in total. The summed E-state index contributed by atoms with van der Waals surface area (Å²) >= 11 is 1.77. The highest BCUT2D eigenvalue weighted by atomic mass is 32.1. The summed E-state index contributed by atoms with van der Waals surface area (Å²) in [6.45, 7) is 5.62. The van der Waals surface area contributed by atoms with Gasteiger partial charge in [0.25, 0.3) is 0 Å². The molecule has 2 nitrogen and oxygen atoms in total. The highest BCUT2D eigenvalue weighted by Gasteiger charge is 2.21. The van der Waals surface area contributed by atoms with Gasteiger partial charge in [-0.15, -0.1) is 0 Å².